The van der Waals surface area contributed by atoms with Crippen molar-refractivity contribution in [2.45, 2.75) is 25.7 Å². The minimum absolute atomic E-state index is 0.0762. The Morgan fingerprint density at radius 3 is 2.64 bits per heavy atom. The maximum Gasteiger partial charge on any atom is 0.258 e. The Labute approximate surface area is 152 Å². The van der Waals surface area contributed by atoms with Gasteiger partial charge in [0, 0.05) is 22.8 Å². The van der Waals surface area contributed by atoms with E-state index >= 15 is 0 Å². The molecule has 0 fully saturated rings. The summed E-state index contributed by atoms with van der Waals surface area (Å²) < 4.78 is 5.18. The molecule has 2 aromatic carbocycles. The fourth-order valence-corrected chi connectivity index (χ4v) is 4.06. The van der Waals surface area contributed by atoms with Gasteiger partial charge in [0.2, 0.25) is 0 Å². The van der Waals surface area contributed by atoms with Gasteiger partial charge >= 0.3 is 0 Å². The average Bonchev–Trinajstić information content (AvgIpc) is 2.66. The van der Waals surface area contributed by atoms with E-state index in [1.54, 1.807) is 7.11 Å². The molecule has 0 N–H and O–H groups in total. The van der Waals surface area contributed by atoms with Crippen LogP contribution < -0.4 is 4.74 Å². The van der Waals surface area contributed by atoms with Crippen LogP contribution in [-0.2, 0) is 6.42 Å². The monoisotopic (exact) mass is 353 g/mol. The number of methoxy groups -OCH3 is 1. The Hall–Kier alpha value is -2.26. The third-order valence-corrected chi connectivity index (χ3v) is 5.32. The fraction of sp³-hybridized carbons (Fsp3) is 0.286. The van der Waals surface area contributed by atoms with E-state index in [-0.39, 0.29) is 5.91 Å². The van der Waals surface area contributed by atoms with Gasteiger partial charge in [0.1, 0.15) is 5.75 Å². The molecule has 2 aromatic rings. The van der Waals surface area contributed by atoms with E-state index in [4.69, 9.17) is 16.3 Å². The second-order valence-corrected chi connectivity index (χ2v) is 6.95. The van der Waals surface area contributed by atoms with Crippen molar-refractivity contribution >= 4 is 23.1 Å². The number of carbonyl (C=O) groups is 1. The van der Waals surface area contributed by atoms with Crippen LogP contribution in [0.25, 0.3) is 5.57 Å². The van der Waals surface area contributed by atoms with Gasteiger partial charge in [0.25, 0.3) is 5.91 Å². The van der Waals surface area contributed by atoms with E-state index in [2.05, 4.69) is 12.1 Å². The summed E-state index contributed by atoms with van der Waals surface area (Å²) in [5, 5.41) is 0.782. The molecule has 1 amide bonds. The Balaban J connectivity index is 1.70. The van der Waals surface area contributed by atoms with Gasteiger partial charge in [-0.2, -0.15) is 0 Å². The number of nitrogens with zero attached hydrogens (tertiary/aromatic N) is 1. The van der Waals surface area contributed by atoms with Gasteiger partial charge in [-0.05, 0) is 78.8 Å². The molecule has 0 radical (unpaired) electrons. The summed E-state index contributed by atoms with van der Waals surface area (Å²) in [7, 11) is 1.63. The van der Waals surface area contributed by atoms with Crippen molar-refractivity contribution < 1.29 is 9.53 Å². The van der Waals surface area contributed by atoms with Crippen molar-refractivity contribution in [1.82, 2.24) is 4.90 Å². The summed E-state index contributed by atoms with van der Waals surface area (Å²) in [5.74, 6) is 0.839. The van der Waals surface area contributed by atoms with Crippen LogP contribution in [0, 0.1) is 0 Å². The first-order valence-electron chi connectivity index (χ1n) is 8.64. The Morgan fingerprint density at radius 1 is 1.08 bits per heavy atom. The molecule has 1 aliphatic carbocycles. The number of carbonyl (C=O) groups excluding carboxylic acids is 1. The van der Waals surface area contributed by atoms with Crippen molar-refractivity contribution in [2.75, 3.05) is 13.7 Å². The number of hydrogen-bond donors (Lipinski definition) is 0. The standard InChI is InChI=1S/C21H20ClNO2/c1-25-17-8-4-14(5-9-17)21(24)23-12-2-3-19-18-10-7-16(22)13-15(18)6-11-20(19)23/h4-5,7-10,13H,2-3,6,11-12H2,1H3. The zero-order valence-electron chi connectivity index (χ0n) is 14.2. The molecule has 4 rings (SSSR count). The van der Waals surface area contributed by atoms with E-state index in [0.29, 0.717) is 5.56 Å². The van der Waals surface area contributed by atoms with E-state index < -0.39 is 0 Å². The highest BCUT2D eigenvalue weighted by molar-refractivity contribution is 6.30. The zero-order chi connectivity index (χ0) is 17.4. The molecule has 4 heteroatoms. The summed E-state index contributed by atoms with van der Waals surface area (Å²) >= 11 is 6.14. The second kappa shape index (κ2) is 6.57. The predicted octanol–water partition coefficient (Wildman–Crippen LogP) is 4.94. The van der Waals surface area contributed by atoms with Crippen LogP contribution in [0.3, 0.4) is 0 Å². The fourth-order valence-electron chi connectivity index (χ4n) is 3.86. The van der Waals surface area contributed by atoms with Gasteiger partial charge in [0.05, 0.1) is 7.11 Å². The van der Waals surface area contributed by atoms with Crippen molar-refractivity contribution in [1.29, 1.82) is 0 Å². The molecule has 0 saturated heterocycles. The molecule has 2 aliphatic rings. The van der Waals surface area contributed by atoms with Crippen molar-refractivity contribution in [3.05, 3.63) is 69.9 Å². The van der Waals surface area contributed by atoms with Crippen LogP contribution in [0.2, 0.25) is 5.02 Å². The maximum absolute atomic E-state index is 13.1. The highest BCUT2D eigenvalue weighted by Crippen LogP contribution is 2.40. The number of fused-ring (bicyclic) bond motifs is 2. The number of benzene rings is 2. The first-order valence-corrected chi connectivity index (χ1v) is 9.02. The quantitative estimate of drug-likeness (QED) is 0.765. The lowest BCUT2D eigenvalue weighted by atomic mass is 9.83. The Kier molecular flexibility index (Phi) is 4.26. The summed E-state index contributed by atoms with van der Waals surface area (Å²) in [4.78, 5) is 15.0. The second-order valence-electron chi connectivity index (χ2n) is 6.52. The minimum Gasteiger partial charge on any atom is -0.497 e. The number of allylic oxidation sites excluding steroid dienone is 2. The van der Waals surface area contributed by atoms with Gasteiger partial charge in [-0.1, -0.05) is 17.7 Å². The third-order valence-electron chi connectivity index (χ3n) is 5.09. The van der Waals surface area contributed by atoms with Crippen molar-refractivity contribution in [3.63, 3.8) is 0 Å². The van der Waals surface area contributed by atoms with Crippen LogP contribution in [0.1, 0.15) is 40.7 Å². The smallest absolute Gasteiger partial charge is 0.258 e. The molecule has 0 saturated carbocycles. The van der Waals surface area contributed by atoms with E-state index in [1.807, 2.05) is 35.2 Å². The number of hydrogen-bond acceptors (Lipinski definition) is 2. The molecule has 0 spiro atoms. The number of ether oxygens (including phenoxy) is 1. The van der Waals surface area contributed by atoms with Crippen LogP contribution >= 0.6 is 11.6 Å². The van der Waals surface area contributed by atoms with Crippen molar-refractivity contribution in [3.8, 4) is 5.75 Å². The lowest BCUT2D eigenvalue weighted by Gasteiger charge is -2.36. The first-order chi connectivity index (χ1) is 12.2. The largest absolute Gasteiger partial charge is 0.497 e. The normalized spacial score (nSPS) is 16.3. The third kappa shape index (κ3) is 2.93. The molecule has 0 atom stereocenters. The Morgan fingerprint density at radius 2 is 1.88 bits per heavy atom. The molecular formula is C21H20ClNO2. The molecule has 1 heterocycles. The average molecular weight is 354 g/mol. The van der Waals surface area contributed by atoms with E-state index in [1.165, 1.54) is 22.4 Å². The zero-order valence-corrected chi connectivity index (χ0v) is 15.0. The summed E-state index contributed by atoms with van der Waals surface area (Å²) in [6.07, 6.45) is 3.84. The number of aryl methyl sites for hydroxylation is 1. The molecular weight excluding hydrogens is 334 g/mol. The SMILES string of the molecule is COc1ccc(C(=O)N2CCCC3=C2CCc2cc(Cl)ccc23)cc1. The molecule has 0 bridgehead atoms. The van der Waals surface area contributed by atoms with Crippen LogP contribution in [-0.4, -0.2) is 24.5 Å². The topological polar surface area (TPSA) is 29.5 Å². The highest BCUT2D eigenvalue weighted by Gasteiger charge is 2.30. The molecule has 128 valence electrons. The molecule has 1 aliphatic heterocycles. The highest BCUT2D eigenvalue weighted by atomic mass is 35.5. The van der Waals surface area contributed by atoms with Gasteiger partial charge < -0.3 is 9.64 Å². The molecule has 25 heavy (non-hydrogen) atoms. The molecule has 0 aromatic heterocycles. The van der Waals surface area contributed by atoms with Crippen LogP contribution in [0.15, 0.2) is 48.2 Å². The predicted molar refractivity (Wildman–Crippen MR) is 100.0 cm³/mol. The molecule has 0 unspecified atom stereocenters. The van der Waals surface area contributed by atoms with Gasteiger partial charge in [-0.25, -0.2) is 0 Å². The van der Waals surface area contributed by atoms with Gasteiger partial charge in [-0.15, -0.1) is 0 Å². The summed E-state index contributed by atoms with van der Waals surface area (Å²) in [5.41, 5.74) is 5.76. The van der Waals surface area contributed by atoms with E-state index in [9.17, 15) is 4.79 Å². The van der Waals surface area contributed by atoms with E-state index in [0.717, 1.165) is 43.0 Å². The lowest BCUT2D eigenvalue weighted by molar-refractivity contribution is 0.0793. The first kappa shape index (κ1) is 16.2. The lowest BCUT2D eigenvalue weighted by Crippen LogP contribution is -2.36. The summed E-state index contributed by atoms with van der Waals surface area (Å²) in [6, 6.07) is 13.5. The van der Waals surface area contributed by atoms with Crippen LogP contribution in [0.4, 0.5) is 0 Å². The van der Waals surface area contributed by atoms with Crippen LogP contribution in [0.5, 0.6) is 5.75 Å². The van der Waals surface area contributed by atoms with Gasteiger partial charge in [0.15, 0.2) is 0 Å². The van der Waals surface area contributed by atoms with Gasteiger partial charge in [-0.3, -0.25) is 4.79 Å². The maximum atomic E-state index is 13.1. The van der Waals surface area contributed by atoms with Crippen molar-refractivity contribution in [2.24, 2.45) is 0 Å². The Bertz CT molecular complexity index is 855. The summed E-state index contributed by atoms with van der Waals surface area (Å²) in [6.45, 7) is 0.784. The number of halogens is 1. The number of rotatable bonds is 2. The number of amides is 1. The minimum atomic E-state index is 0.0762. The molecule has 3 nitrogen and oxygen atoms in total.